The van der Waals surface area contributed by atoms with Crippen molar-refractivity contribution in [3.63, 3.8) is 0 Å². The Bertz CT molecular complexity index is 780. The summed E-state index contributed by atoms with van der Waals surface area (Å²) in [6.07, 6.45) is 1.23. The number of aromatic nitrogens is 2. The number of carbonyl (C=O) groups is 1. The van der Waals surface area contributed by atoms with Gasteiger partial charge in [-0.25, -0.2) is 9.31 Å². The summed E-state index contributed by atoms with van der Waals surface area (Å²) in [5, 5.41) is 12.2. The average molecular weight is 310 g/mol. The van der Waals surface area contributed by atoms with E-state index in [9.17, 15) is 26.4 Å². The maximum Gasteiger partial charge on any atom is 0.534 e. The lowest BCUT2D eigenvalue weighted by molar-refractivity contribution is -0.0499. The molecule has 0 saturated heterocycles. The molecular formula is C9H5F3N2O5S. The number of hydrogen-bond acceptors (Lipinski definition) is 5. The number of hydrogen-bond donors (Lipinski definition) is 1. The predicted molar refractivity (Wildman–Crippen MR) is 57.8 cm³/mol. The Labute approximate surface area is 109 Å². The van der Waals surface area contributed by atoms with E-state index in [1.54, 1.807) is 0 Å². The molecule has 0 spiro atoms. The minimum atomic E-state index is -5.84. The summed E-state index contributed by atoms with van der Waals surface area (Å²) in [6.45, 7) is 0. The van der Waals surface area contributed by atoms with Crippen molar-refractivity contribution in [1.82, 2.24) is 9.61 Å². The Balaban J connectivity index is 2.53. The molecule has 108 valence electrons. The van der Waals surface area contributed by atoms with Gasteiger partial charge in [-0.2, -0.15) is 26.7 Å². The number of carboxylic acids is 1. The highest BCUT2D eigenvalue weighted by Crippen LogP contribution is 2.29. The zero-order chi connectivity index (χ0) is 15.1. The molecule has 11 heteroatoms. The minimum Gasteiger partial charge on any atom is -0.476 e. The van der Waals surface area contributed by atoms with Crippen LogP contribution in [-0.4, -0.2) is 34.6 Å². The summed E-state index contributed by atoms with van der Waals surface area (Å²) >= 11 is 0. The second-order valence-electron chi connectivity index (χ2n) is 3.52. The fourth-order valence-corrected chi connectivity index (χ4v) is 1.80. The maximum absolute atomic E-state index is 12.2. The van der Waals surface area contributed by atoms with Crippen molar-refractivity contribution in [1.29, 1.82) is 0 Å². The van der Waals surface area contributed by atoms with Gasteiger partial charge in [0, 0.05) is 12.3 Å². The summed E-state index contributed by atoms with van der Waals surface area (Å²) in [5.74, 6) is -2.09. The summed E-state index contributed by atoms with van der Waals surface area (Å²) in [5.41, 5.74) is -6.28. The molecule has 2 heterocycles. The zero-order valence-electron chi connectivity index (χ0n) is 9.33. The fourth-order valence-electron chi connectivity index (χ4n) is 1.33. The fraction of sp³-hybridized carbons (Fsp3) is 0.111. The number of fused-ring (bicyclic) bond motifs is 1. The number of nitrogens with zero attached hydrogens (tertiary/aromatic N) is 2. The average Bonchev–Trinajstić information content (AvgIpc) is 2.72. The largest absolute Gasteiger partial charge is 0.534 e. The van der Waals surface area contributed by atoms with Gasteiger partial charge >= 0.3 is 21.6 Å². The molecule has 2 rings (SSSR count). The number of rotatable bonds is 3. The van der Waals surface area contributed by atoms with Gasteiger partial charge in [0.2, 0.25) is 0 Å². The minimum absolute atomic E-state index is 0.224. The molecule has 1 N–H and O–H groups in total. The van der Waals surface area contributed by atoms with Crippen molar-refractivity contribution in [3.05, 3.63) is 30.1 Å². The molecule has 0 aliphatic heterocycles. The van der Waals surface area contributed by atoms with Crippen LogP contribution in [0.5, 0.6) is 5.75 Å². The lowest BCUT2D eigenvalue weighted by atomic mass is 10.3. The first kappa shape index (κ1) is 14.1. The molecule has 0 unspecified atom stereocenters. The van der Waals surface area contributed by atoms with Crippen molar-refractivity contribution in [3.8, 4) is 5.75 Å². The van der Waals surface area contributed by atoms with Crippen LogP contribution in [0.4, 0.5) is 13.2 Å². The molecule has 20 heavy (non-hydrogen) atoms. The van der Waals surface area contributed by atoms with E-state index in [2.05, 4.69) is 9.28 Å². The highest BCUT2D eigenvalue weighted by molar-refractivity contribution is 7.88. The first-order chi connectivity index (χ1) is 9.12. The van der Waals surface area contributed by atoms with E-state index in [1.165, 1.54) is 6.20 Å². The molecule has 0 fully saturated rings. The Kier molecular flexibility index (Phi) is 3.08. The Morgan fingerprint density at radius 1 is 1.40 bits per heavy atom. The van der Waals surface area contributed by atoms with Crippen molar-refractivity contribution in [2.75, 3.05) is 0 Å². The Morgan fingerprint density at radius 3 is 2.60 bits per heavy atom. The van der Waals surface area contributed by atoms with Gasteiger partial charge in [-0.05, 0) is 12.1 Å². The van der Waals surface area contributed by atoms with E-state index < -0.39 is 33.0 Å². The third-order valence-corrected chi connectivity index (χ3v) is 3.13. The van der Waals surface area contributed by atoms with Crippen molar-refractivity contribution < 1.29 is 35.7 Å². The number of alkyl halides is 3. The highest BCUT2D eigenvalue weighted by atomic mass is 32.2. The normalized spacial score (nSPS) is 12.6. The van der Waals surface area contributed by atoms with Crippen LogP contribution in [0.2, 0.25) is 0 Å². The number of carboxylic acid groups (broad SMARTS) is 1. The quantitative estimate of drug-likeness (QED) is 0.677. The summed E-state index contributed by atoms with van der Waals surface area (Å²) < 4.78 is 63.4. The van der Waals surface area contributed by atoms with Crippen LogP contribution in [0, 0.1) is 0 Å². The van der Waals surface area contributed by atoms with Crippen LogP contribution in [0.1, 0.15) is 10.5 Å². The van der Waals surface area contributed by atoms with E-state index >= 15 is 0 Å². The molecule has 0 bridgehead atoms. The van der Waals surface area contributed by atoms with Crippen LogP contribution in [0.25, 0.3) is 5.52 Å². The molecule has 2 aromatic rings. The van der Waals surface area contributed by atoms with Crippen molar-refractivity contribution in [2.24, 2.45) is 0 Å². The number of pyridine rings is 1. The van der Waals surface area contributed by atoms with Gasteiger partial charge in [0.1, 0.15) is 5.52 Å². The molecule has 2 aromatic heterocycles. The van der Waals surface area contributed by atoms with E-state index in [0.717, 1.165) is 22.7 Å². The van der Waals surface area contributed by atoms with E-state index in [4.69, 9.17) is 5.11 Å². The number of halogens is 3. The second kappa shape index (κ2) is 4.37. The maximum atomic E-state index is 12.2. The van der Waals surface area contributed by atoms with Gasteiger partial charge in [0.05, 0.1) is 0 Å². The molecule has 7 nitrogen and oxygen atoms in total. The first-order valence-electron chi connectivity index (χ1n) is 4.84. The van der Waals surface area contributed by atoms with E-state index in [1.807, 2.05) is 0 Å². The molecule has 0 amide bonds. The van der Waals surface area contributed by atoms with Crippen LogP contribution in [0.3, 0.4) is 0 Å². The van der Waals surface area contributed by atoms with Crippen LogP contribution >= 0.6 is 0 Å². The van der Waals surface area contributed by atoms with Crippen molar-refractivity contribution in [2.45, 2.75) is 5.51 Å². The predicted octanol–water partition coefficient (Wildman–Crippen LogP) is 1.26. The third-order valence-electron chi connectivity index (χ3n) is 2.17. The molecule has 0 radical (unpaired) electrons. The zero-order valence-corrected chi connectivity index (χ0v) is 10.1. The topological polar surface area (TPSA) is 98.0 Å². The SMILES string of the molecule is O=C(O)c1cc2c(OS(=O)(=O)C(F)(F)F)cccn2n1. The van der Waals surface area contributed by atoms with Gasteiger partial charge < -0.3 is 9.29 Å². The molecule has 0 aliphatic carbocycles. The molecule has 0 aliphatic rings. The summed E-state index contributed by atoms with van der Waals surface area (Å²) in [7, 11) is -5.84. The molecule has 0 atom stereocenters. The van der Waals surface area contributed by atoms with Crippen molar-refractivity contribution >= 4 is 21.6 Å². The standard InChI is InChI=1S/C9H5F3N2O5S/c10-9(11,12)20(17,18)19-7-2-1-3-14-6(7)4-5(13-14)8(15)16/h1-4H,(H,15,16). The second-order valence-corrected chi connectivity index (χ2v) is 5.06. The molecule has 0 saturated carbocycles. The van der Waals surface area contributed by atoms with Gasteiger partial charge in [-0.3, -0.25) is 0 Å². The van der Waals surface area contributed by atoms with Crippen LogP contribution < -0.4 is 4.18 Å². The summed E-state index contributed by atoms with van der Waals surface area (Å²) in [6, 6.07) is 3.00. The lowest BCUT2D eigenvalue weighted by Gasteiger charge is -2.09. The van der Waals surface area contributed by atoms with Gasteiger partial charge in [0.25, 0.3) is 0 Å². The third kappa shape index (κ3) is 2.39. The lowest BCUT2D eigenvalue weighted by Crippen LogP contribution is -2.28. The Morgan fingerprint density at radius 2 is 2.05 bits per heavy atom. The van der Waals surface area contributed by atoms with Gasteiger partial charge in [-0.1, -0.05) is 0 Å². The summed E-state index contributed by atoms with van der Waals surface area (Å²) in [4.78, 5) is 10.7. The van der Waals surface area contributed by atoms with E-state index in [-0.39, 0.29) is 5.52 Å². The van der Waals surface area contributed by atoms with Crippen LogP contribution in [-0.2, 0) is 10.1 Å². The first-order valence-corrected chi connectivity index (χ1v) is 6.25. The number of aromatic carboxylic acids is 1. The van der Waals surface area contributed by atoms with Crippen LogP contribution in [0.15, 0.2) is 24.4 Å². The monoisotopic (exact) mass is 310 g/mol. The van der Waals surface area contributed by atoms with Gasteiger partial charge in [-0.15, -0.1) is 0 Å². The smallest absolute Gasteiger partial charge is 0.476 e. The van der Waals surface area contributed by atoms with Gasteiger partial charge in [0.15, 0.2) is 11.4 Å². The molecule has 0 aromatic carbocycles. The highest BCUT2D eigenvalue weighted by Gasteiger charge is 2.48. The van der Waals surface area contributed by atoms with E-state index in [0.29, 0.717) is 0 Å². The molecular weight excluding hydrogens is 305 g/mol. The Hall–Kier alpha value is -2.30.